The fourth-order valence-corrected chi connectivity index (χ4v) is 5.08. The molecule has 0 unspecified atom stereocenters. The van der Waals surface area contributed by atoms with Crippen LogP contribution in [0.5, 0.6) is 0 Å². The topological polar surface area (TPSA) is 99.6 Å². The Bertz CT molecular complexity index is 1250. The molecule has 0 spiro atoms. The third kappa shape index (κ3) is 5.57. The Balaban J connectivity index is 1.22. The van der Waals surface area contributed by atoms with Gasteiger partial charge in [0, 0.05) is 62.7 Å². The van der Waals surface area contributed by atoms with Crippen molar-refractivity contribution in [2.75, 3.05) is 61.4 Å². The van der Waals surface area contributed by atoms with Crippen molar-refractivity contribution < 1.29 is 13.9 Å². The van der Waals surface area contributed by atoms with Gasteiger partial charge in [-0.05, 0) is 31.9 Å². The third-order valence-electron chi connectivity index (χ3n) is 7.11. The maximum absolute atomic E-state index is 13.6. The summed E-state index contributed by atoms with van der Waals surface area (Å²) in [6, 6.07) is 5.55. The first-order valence-electron chi connectivity index (χ1n) is 12.6. The summed E-state index contributed by atoms with van der Waals surface area (Å²) in [5, 5.41) is 14.2. The van der Waals surface area contributed by atoms with E-state index >= 15 is 0 Å². The van der Waals surface area contributed by atoms with Gasteiger partial charge in [0.25, 0.3) is 0 Å². The van der Waals surface area contributed by atoms with Gasteiger partial charge in [-0.2, -0.15) is 15.1 Å². The van der Waals surface area contributed by atoms with E-state index in [1.54, 1.807) is 10.9 Å². The van der Waals surface area contributed by atoms with Crippen LogP contribution in [0.25, 0.3) is 11.9 Å². The van der Waals surface area contributed by atoms with Gasteiger partial charge in [-0.3, -0.25) is 4.90 Å². The molecule has 0 saturated carbocycles. The van der Waals surface area contributed by atoms with Gasteiger partial charge in [0.2, 0.25) is 5.95 Å². The number of aliphatic hydroxyl groups excluding tert-OH is 1. The molecule has 196 valence electrons. The van der Waals surface area contributed by atoms with Gasteiger partial charge in [-0.15, -0.1) is 0 Å². The molecule has 1 aromatic carbocycles. The fraction of sp³-hybridized carbons (Fsp3) is 0.423. The fourth-order valence-electron chi connectivity index (χ4n) is 5.08. The number of hydrogen-bond donors (Lipinski definition) is 2. The van der Waals surface area contributed by atoms with Gasteiger partial charge < -0.3 is 20.6 Å². The number of aliphatic hydroxyl groups is 1. The molecule has 5 rings (SSSR count). The Morgan fingerprint density at radius 1 is 1.03 bits per heavy atom. The molecule has 0 amide bonds. The lowest BCUT2D eigenvalue weighted by Crippen LogP contribution is -2.46. The average molecular weight is 511 g/mol. The molecule has 3 aromatic rings. The summed E-state index contributed by atoms with van der Waals surface area (Å²) in [7, 11) is 0. The predicted molar refractivity (Wildman–Crippen MR) is 140 cm³/mol. The molecular formula is C26H32F2N8O. The van der Waals surface area contributed by atoms with E-state index in [0.717, 1.165) is 56.3 Å². The molecule has 2 fully saturated rings. The van der Waals surface area contributed by atoms with Crippen molar-refractivity contribution in [1.29, 1.82) is 0 Å². The molecule has 0 radical (unpaired) electrons. The summed E-state index contributed by atoms with van der Waals surface area (Å²) < 4.78 is 28.9. The van der Waals surface area contributed by atoms with Crippen LogP contribution in [0.2, 0.25) is 0 Å². The summed E-state index contributed by atoms with van der Waals surface area (Å²) in [5.41, 5.74) is 8.51. The molecule has 4 heterocycles. The van der Waals surface area contributed by atoms with Gasteiger partial charge in [-0.1, -0.05) is 12.2 Å². The highest BCUT2D eigenvalue weighted by atomic mass is 19.1. The van der Waals surface area contributed by atoms with E-state index in [0.29, 0.717) is 30.4 Å². The Morgan fingerprint density at radius 3 is 2.49 bits per heavy atom. The number of piperazine rings is 1. The second-order valence-electron chi connectivity index (χ2n) is 9.53. The molecule has 2 aliphatic heterocycles. The molecule has 3 N–H and O–H groups in total. The smallest absolute Gasteiger partial charge is 0.224 e. The maximum atomic E-state index is 13.6. The number of hydrogen-bond acceptors (Lipinski definition) is 8. The summed E-state index contributed by atoms with van der Waals surface area (Å²) in [6.45, 7) is 6.66. The lowest BCUT2D eigenvalue weighted by Gasteiger charge is -2.35. The highest BCUT2D eigenvalue weighted by molar-refractivity contribution is 5.54. The normalized spacial score (nSPS) is 18.9. The van der Waals surface area contributed by atoms with Crippen molar-refractivity contribution in [2.24, 2.45) is 0 Å². The van der Waals surface area contributed by atoms with Crippen LogP contribution in [-0.2, 0) is 0 Å². The van der Waals surface area contributed by atoms with E-state index in [4.69, 9.17) is 5.73 Å². The quantitative estimate of drug-likeness (QED) is 0.501. The molecule has 0 bridgehead atoms. The second-order valence-corrected chi connectivity index (χ2v) is 9.53. The highest BCUT2D eigenvalue weighted by Gasteiger charge is 2.26. The average Bonchev–Trinajstić information content (AvgIpc) is 3.50. The van der Waals surface area contributed by atoms with Crippen LogP contribution in [0.4, 0.5) is 26.2 Å². The van der Waals surface area contributed by atoms with Gasteiger partial charge in [-0.25, -0.2) is 13.5 Å². The Hall–Kier alpha value is -3.57. The summed E-state index contributed by atoms with van der Waals surface area (Å²) in [5.74, 6) is 0.354. The van der Waals surface area contributed by atoms with Gasteiger partial charge >= 0.3 is 0 Å². The highest BCUT2D eigenvalue weighted by Crippen LogP contribution is 2.26. The number of rotatable bonds is 7. The first kappa shape index (κ1) is 25.1. The van der Waals surface area contributed by atoms with Crippen molar-refractivity contribution in [1.82, 2.24) is 24.6 Å². The zero-order chi connectivity index (χ0) is 25.9. The molecule has 2 aliphatic rings. The first-order chi connectivity index (χ1) is 17.9. The van der Waals surface area contributed by atoms with E-state index in [1.165, 1.54) is 12.1 Å². The standard InChI is InChI=1S/C26H32F2N8O/c1-18-19(4-2-6-33-8-10-34(11-9-33)23-13-20(27)12-21(28)14-23)16-30-36(18)25-15-24(31-26(29)32-25)35-7-3-5-22(35)17-37/h2,4,12-16,22,37H,3,5-11,17H2,1H3,(H2,29,31,32)/b4-2+/t22-/m0/s1. The van der Waals surface area contributed by atoms with Crippen LogP contribution in [0.1, 0.15) is 24.1 Å². The Kier molecular flexibility index (Phi) is 7.33. The van der Waals surface area contributed by atoms with Crippen LogP contribution in [0, 0.1) is 18.6 Å². The van der Waals surface area contributed by atoms with E-state index < -0.39 is 11.6 Å². The number of benzene rings is 1. The van der Waals surface area contributed by atoms with Gasteiger partial charge in [0.05, 0.1) is 24.5 Å². The number of nitrogen functional groups attached to an aromatic ring is 1. The summed E-state index contributed by atoms with van der Waals surface area (Å²) in [6.07, 6.45) is 7.86. The first-order valence-corrected chi connectivity index (χ1v) is 12.6. The largest absolute Gasteiger partial charge is 0.394 e. The van der Waals surface area contributed by atoms with Crippen molar-refractivity contribution >= 4 is 23.5 Å². The van der Waals surface area contributed by atoms with Crippen LogP contribution in [-0.4, -0.2) is 81.7 Å². The summed E-state index contributed by atoms with van der Waals surface area (Å²) in [4.78, 5) is 15.2. The molecule has 9 nitrogen and oxygen atoms in total. The SMILES string of the molecule is Cc1c(/C=C/CN2CCN(c3cc(F)cc(F)c3)CC2)cnn1-c1cc(N2CCC[C@H]2CO)nc(N)n1. The van der Waals surface area contributed by atoms with Gasteiger partial charge in [0.15, 0.2) is 5.82 Å². The number of nitrogens with zero attached hydrogens (tertiary/aromatic N) is 7. The van der Waals surface area contributed by atoms with E-state index in [9.17, 15) is 13.9 Å². The van der Waals surface area contributed by atoms with Crippen LogP contribution in [0.3, 0.4) is 0 Å². The lowest BCUT2D eigenvalue weighted by molar-refractivity contribution is 0.266. The Labute approximate surface area is 214 Å². The number of nitrogens with two attached hydrogens (primary N) is 1. The van der Waals surface area contributed by atoms with Crippen molar-refractivity contribution in [3.05, 3.63) is 59.4 Å². The van der Waals surface area contributed by atoms with Crippen molar-refractivity contribution in [2.45, 2.75) is 25.8 Å². The molecular weight excluding hydrogens is 478 g/mol. The third-order valence-corrected chi connectivity index (χ3v) is 7.11. The van der Waals surface area contributed by atoms with Crippen molar-refractivity contribution in [3.63, 3.8) is 0 Å². The number of aromatic nitrogens is 4. The minimum Gasteiger partial charge on any atom is -0.394 e. The minimum absolute atomic E-state index is 0.0382. The van der Waals surface area contributed by atoms with Crippen LogP contribution >= 0.6 is 0 Å². The van der Waals surface area contributed by atoms with Crippen LogP contribution in [0.15, 0.2) is 36.5 Å². The molecule has 0 aliphatic carbocycles. The summed E-state index contributed by atoms with van der Waals surface area (Å²) >= 11 is 0. The van der Waals surface area contributed by atoms with Crippen molar-refractivity contribution in [3.8, 4) is 5.82 Å². The maximum Gasteiger partial charge on any atom is 0.224 e. The Morgan fingerprint density at radius 2 is 1.76 bits per heavy atom. The number of halogens is 2. The van der Waals surface area contributed by atoms with Crippen LogP contribution < -0.4 is 15.5 Å². The second kappa shape index (κ2) is 10.8. The number of anilines is 3. The zero-order valence-electron chi connectivity index (χ0n) is 20.9. The lowest BCUT2D eigenvalue weighted by atomic mass is 10.2. The van der Waals surface area contributed by atoms with E-state index in [1.807, 2.05) is 24.0 Å². The zero-order valence-corrected chi connectivity index (χ0v) is 20.9. The monoisotopic (exact) mass is 510 g/mol. The molecule has 37 heavy (non-hydrogen) atoms. The van der Waals surface area contributed by atoms with E-state index in [-0.39, 0.29) is 18.6 Å². The molecule has 2 saturated heterocycles. The predicted octanol–water partition coefficient (Wildman–Crippen LogP) is 2.63. The molecule has 1 atom stereocenters. The molecule has 2 aromatic heterocycles. The van der Waals surface area contributed by atoms with E-state index in [2.05, 4.69) is 30.9 Å². The van der Waals surface area contributed by atoms with Gasteiger partial charge in [0.1, 0.15) is 17.5 Å². The molecule has 11 heteroatoms. The minimum atomic E-state index is -0.553.